The molecule has 3 aromatic rings. The number of nitrogens with zero attached hydrogens (tertiary/aromatic N) is 2. The monoisotopic (exact) mass is 362 g/mol. The minimum Gasteiger partial charge on any atom is -0.326 e. The van der Waals surface area contributed by atoms with Crippen LogP contribution in [0.1, 0.15) is 24.2 Å². The van der Waals surface area contributed by atoms with Gasteiger partial charge in [0.2, 0.25) is 0 Å². The lowest BCUT2D eigenvalue weighted by molar-refractivity contribution is 0.595. The lowest BCUT2D eigenvalue weighted by atomic mass is 10.0. The molecule has 1 unspecified atom stereocenters. The minimum atomic E-state index is 0.411. The van der Waals surface area contributed by atoms with E-state index in [1.807, 2.05) is 18.2 Å². The second kappa shape index (κ2) is 6.20. The molecule has 0 fully saturated rings. The van der Waals surface area contributed by atoms with Crippen molar-refractivity contribution >= 4 is 38.6 Å². The standard InChI is InChI=1S/C17H16BrClN2/c1-12(13-5-3-2-4-6-13)11-21-16-8-7-14(18)9-15(16)20-17(21)10-19/h2-9,12H,10-11H2,1H3. The molecule has 2 aromatic carbocycles. The summed E-state index contributed by atoms with van der Waals surface area (Å²) < 4.78 is 3.27. The van der Waals surface area contributed by atoms with Gasteiger partial charge in [-0.05, 0) is 29.7 Å². The Kier molecular flexibility index (Phi) is 4.32. The number of imidazole rings is 1. The van der Waals surface area contributed by atoms with Gasteiger partial charge in [0.05, 0.1) is 16.9 Å². The van der Waals surface area contributed by atoms with E-state index < -0.39 is 0 Å². The van der Waals surface area contributed by atoms with Crippen molar-refractivity contribution in [1.82, 2.24) is 9.55 Å². The van der Waals surface area contributed by atoms with Crippen LogP contribution >= 0.6 is 27.5 Å². The zero-order valence-corrected chi connectivity index (χ0v) is 14.1. The van der Waals surface area contributed by atoms with Gasteiger partial charge in [-0.25, -0.2) is 4.98 Å². The van der Waals surface area contributed by atoms with Crippen molar-refractivity contribution < 1.29 is 0 Å². The Morgan fingerprint density at radius 2 is 1.95 bits per heavy atom. The third-order valence-electron chi connectivity index (χ3n) is 3.73. The predicted molar refractivity (Wildman–Crippen MR) is 91.8 cm³/mol. The van der Waals surface area contributed by atoms with Crippen LogP contribution in [-0.2, 0) is 12.4 Å². The van der Waals surface area contributed by atoms with Crippen molar-refractivity contribution in [1.29, 1.82) is 0 Å². The van der Waals surface area contributed by atoms with E-state index in [0.29, 0.717) is 11.8 Å². The Bertz CT molecular complexity index is 752. The summed E-state index contributed by atoms with van der Waals surface area (Å²) in [7, 11) is 0. The van der Waals surface area contributed by atoms with E-state index in [4.69, 9.17) is 11.6 Å². The number of hydrogen-bond donors (Lipinski definition) is 0. The molecule has 0 aliphatic heterocycles. The summed E-state index contributed by atoms with van der Waals surface area (Å²) in [5.41, 5.74) is 3.45. The van der Waals surface area contributed by atoms with Crippen molar-refractivity contribution in [3.63, 3.8) is 0 Å². The minimum absolute atomic E-state index is 0.411. The molecule has 2 nitrogen and oxygen atoms in total. The average Bonchev–Trinajstić information content (AvgIpc) is 2.85. The van der Waals surface area contributed by atoms with Crippen LogP contribution < -0.4 is 0 Å². The molecule has 0 bridgehead atoms. The van der Waals surface area contributed by atoms with E-state index in [0.717, 1.165) is 27.9 Å². The van der Waals surface area contributed by atoms with Gasteiger partial charge in [-0.1, -0.05) is 53.2 Å². The molecule has 0 N–H and O–H groups in total. The largest absolute Gasteiger partial charge is 0.326 e. The molecule has 0 amide bonds. The molecule has 1 heterocycles. The van der Waals surface area contributed by atoms with Crippen LogP contribution in [0.15, 0.2) is 53.0 Å². The van der Waals surface area contributed by atoms with Crippen molar-refractivity contribution in [2.45, 2.75) is 25.3 Å². The molecule has 108 valence electrons. The summed E-state index contributed by atoms with van der Waals surface area (Å²) in [4.78, 5) is 4.64. The number of rotatable bonds is 4. The predicted octanol–water partition coefficient (Wildman–Crippen LogP) is 5.34. The fraction of sp³-hybridized carbons (Fsp3) is 0.235. The SMILES string of the molecule is CC(Cn1c(CCl)nc2cc(Br)ccc21)c1ccccc1. The second-order valence-corrected chi connectivity index (χ2v) is 6.40. The van der Waals surface area contributed by atoms with E-state index in [9.17, 15) is 0 Å². The molecule has 0 radical (unpaired) electrons. The molecular formula is C17H16BrClN2. The van der Waals surface area contributed by atoms with Gasteiger partial charge in [0.1, 0.15) is 5.82 Å². The molecular weight excluding hydrogens is 348 g/mol. The van der Waals surface area contributed by atoms with Crippen molar-refractivity contribution in [3.05, 3.63) is 64.4 Å². The number of fused-ring (bicyclic) bond motifs is 1. The molecule has 21 heavy (non-hydrogen) atoms. The number of alkyl halides is 1. The molecule has 1 aromatic heterocycles. The van der Waals surface area contributed by atoms with Gasteiger partial charge in [0.15, 0.2) is 0 Å². The fourth-order valence-corrected chi connectivity index (χ4v) is 3.17. The van der Waals surface area contributed by atoms with E-state index >= 15 is 0 Å². The fourth-order valence-electron chi connectivity index (χ4n) is 2.62. The van der Waals surface area contributed by atoms with E-state index in [1.165, 1.54) is 5.56 Å². The van der Waals surface area contributed by atoms with Gasteiger partial charge in [-0.15, -0.1) is 11.6 Å². The Morgan fingerprint density at radius 1 is 1.19 bits per heavy atom. The van der Waals surface area contributed by atoms with Crippen LogP contribution in [0.2, 0.25) is 0 Å². The molecule has 3 rings (SSSR count). The highest BCUT2D eigenvalue weighted by Gasteiger charge is 2.14. The smallest absolute Gasteiger partial charge is 0.124 e. The van der Waals surface area contributed by atoms with Gasteiger partial charge in [-0.2, -0.15) is 0 Å². The maximum absolute atomic E-state index is 6.08. The molecule has 4 heteroatoms. The summed E-state index contributed by atoms with van der Waals surface area (Å²) in [6.07, 6.45) is 0. The normalized spacial score (nSPS) is 12.7. The van der Waals surface area contributed by atoms with Crippen LogP contribution in [0.4, 0.5) is 0 Å². The van der Waals surface area contributed by atoms with Crippen molar-refractivity contribution in [3.8, 4) is 0 Å². The molecule has 0 aliphatic rings. The topological polar surface area (TPSA) is 17.8 Å². The van der Waals surface area contributed by atoms with E-state index in [1.54, 1.807) is 0 Å². The Balaban J connectivity index is 1.99. The molecule has 0 saturated heterocycles. The van der Waals surface area contributed by atoms with E-state index in [2.05, 4.69) is 62.7 Å². The third-order valence-corrected chi connectivity index (χ3v) is 4.47. The number of benzene rings is 2. The highest BCUT2D eigenvalue weighted by atomic mass is 79.9. The summed E-state index contributed by atoms with van der Waals surface area (Å²) in [5, 5.41) is 0. The first kappa shape index (κ1) is 14.6. The van der Waals surface area contributed by atoms with Gasteiger partial charge >= 0.3 is 0 Å². The first-order chi connectivity index (χ1) is 10.2. The number of aromatic nitrogens is 2. The van der Waals surface area contributed by atoms with E-state index in [-0.39, 0.29) is 0 Å². The summed E-state index contributed by atoms with van der Waals surface area (Å²) in [5.74, 6) is 1.76. The van der Waals surface area contributed by atoms with Gasteiger partial charge < -0.3 is 4.57 Å². The second-order valence-electron chi connectivity index (χ2n) is 5.22. The zero-order chi connectivity index (χ0) is 14.8. The highest BCUT2D eigenvalue weighted by Crippen LogP contribution is 2.25. The van der Waals surface area contributed by atoms with Gasteiger partial charge in [-0.3, -0.25) is 0 Å². The number of halogens is 2. The molecule has 1 atom stereocenters. The van der Waals surface area contributed by atoms with Crippen molar-refractivity contribution in [2.75, 3.05) is 0 Å². The first-order valence-electron chi connectivity index (χ1n) is 6.94. The highest BCUT2D eigenvalue weighted by molar-refractivity contribution is 9.10. The molecule has 0 aliphatic carbocycles. The van der Waals surface area contributed by atoms with Gasteiger partial charge in [0.25, 0.3) is 0 Å². The van der Waals surface area contributed by atoms with Crippen LogP contribution in [0.3, 0.4) is 0 Å². The maximum Gasteiger partial charge on any atom is 0.124 e. The van der Waals surface area contributed by atoms with Crippen LogP contribution in [0, 0.1) is 0 Å². The third kappa shape index (κ3) is 2.99. The van der Waals surface area contributed by atoms with Crippen molar-refractivity contribution in [2.24, 2.45) is 0 Å². The summed E-state index contributed by atoms with van der Waals surface area (Å²) in [6, 6.07) is 16.7. The maximum atomic E-state index is 6.08. The molecule has 0 spiro atoms. The lowest BCUT2D eigenvalue weighted by Crippen LogP contribution is -2.09. The summed E-state index contributed by atoms with van der Waals surface area (Å²) >= 11 is 9.57. The Hall–Kier alpha value is -1.32. The summed E-state index contributed by atoms with van der Waals surface area (Å²) in [6.45, 7) is 3.11. The van der Waals surface area contributed by atoms with Crippen LogP contribution in [0.5, 0.6) is 0 Å². The quantitative estimate of drug-likeness (QED) is 0.572. The van der Waals surface area contributed by atoms with Gasteiger partial charge in [0, 0.05) is 11.0 Å². The zero-order valence-electron chi connectivity index (χ0n) is 11.8. The van der Waals surface area contributed by atoms with Crippen LogP contribution in [-0.4, -0.2) is 9.55 Å². The molecule has 0 saturated carbocycles. The lowest BCUT2D eigenvalue weighted by Gasteiger charge is -2.15. The Morgan fingerprint density at radius 3 is 2.67 bits per heavy atom. The Labute approximate surface area is 137 Å². The van der Waals surface area contributed by atoms with Crippen LogP contribution in [0.25, 0.3) is 11.0 Å². The first-order valence-corrected chi connectivity index (χ1v) is 8.27. The average molecular weight is 364 g/mol. The number of hydrogen-bond acceptors (Lipinski definition) is 1.